The van der Waals surface area contributed by atoms with E-state index in [4.69, 9.17) is 4.74 Å². The van der Waals surface area contributed by atoms with Crippen LogP contribution < -0.4 is 4.74 Å². The first-order valence-electron chi connectivity index (χ1n) is 13.0. The highest BCUT2D eigenvalue weighted by atomic mass is 19.1. The molecule has 3 rings (SSSR count). The largest absolute Gasteiger partial charge is 0.493 e. The number of unbranched alkanes of at least 4 members (excludes halogenated alkanes) is 8. The molecular formula is C30H39FN2O. The fraction of sp³-hybridized carbons (Fsp3) is 0.467. The van der Waals surface area contributed by atoms with Gasteiger partial charge in [-0.3, -0.25) is 0 Å². The first-order valence-corrected chi connectivity index (χ1v) is 13.0. The molecule has 1 aromatic heterocycles. The lowest BCUT2D eigenvalue weighted by molar-refractivity contribution is 0.303. The van der Waals surface area contributed by atoms with Crippen molar-refractivity contribution in [1.82, 2.24) is 9.97 Å². The Morgan fingerprint density at radius 1 is 0.706 bits per heavy atom. The Hall–Kier alpha value is -2.75. The maximum Gasteiger partial charge on any atom is 0.162 e. The maximum absolute atomic E-state index is 14.7. The zero-order chi connectivity index (χ0) is 24.0. The van der Waals surface area contributed by atoms with Gasteiger partial charge in [0.15, 0.2) is 5.82 Å². The van der Waals surface area contributed by atoms with Crippen LogP contribution in [0, 0.1) is 5.82 Å². The molecule has 0 N–H and O–H groups in total. The monoisotopic (exact) mass is 462 g/mol. The van der Waals surface area contributed by atoms with Crippen LogP contribution in [-0.4, -0.2) is 16.6 Å². The second kappa shape index (κ2) is 14.5. The zero-order valence-corrected chi connectivity index (χ0v) is 20.9. The van der Waals surface area contributed by atoms with Gasteiger partial charge < -0.3 is 4.74 Å². The Labute approximate surface area is 204 Å². The third-order valence-corrected chi connectivity index (χ3v) is 6.21. The van der Waals surface area contributed by atoms with E-state index in [-0.39, 0.29) is 5.82 Å². The number of halogens is 1. The molecule has 0 bridgehead atoms. The molecule has 3 nitrogen and oxygen atoms in total. The van der Waals surface area contributed by atoms with E-state index >= 15 is 0 Å². The minimum Gasteiger partial charge on any atom is -0.493 e. The van der Waals surface area contributed by atoms with Gasteiger partial charge in [-0.2, -0.15) is 0 Å². The molecular weight excluding hydrogens is 423 g/mol. The minimum atomic E-state index is -0.361. The number of nitrogens with zero attached hydrogens (tertiary/aromatic N) is 2. The van der Waals surface area contributed by atoms with Gasteiger partial charge in [-0.25, -0.2) is 14.4 Å². The molecule has 2 aromatic carbocycles. The molecule has 0 saturated heterocycles. The zero-order valence-electron chi connectivity index (χ0n) is 20.9. The number of aryl methyl sites for hydroxylation is 1. The fourth-order valence-corrected chi connectivity index (χ4v) is 4.08. The summed E-state index contributed by atoms with van der Waals surface area (Å²) in [6.45, 7) is 5.07. The van der Waals surface area contributed by atoms with Crippen LogP contribution in [0.3, 0.4) is 0 Å². The summed E-state index contributed by atoms with van der Waals surface area (Å²) < 4.78 is 20.4. The van der Waals surface area contributed by atoms with Gasteiger partial charge in [0.2, 0.25) is 0 Å². The van der Waals surface area contributed by atoms with Gasteiger partial charge in [0.1, 0.15) is 11.6 Å². The van der Waals surface area contributed by atoms with Gasteiger partial charge in [0.05, 0.1) is 12.2 Å². The van der Waals surface area contributed by atoms with Crippen molar-refractivity contribution in [3.05, 3.63) is 66.2 Å². The van der Waals surface area contributed by atoms with E-state index in [1.165, 1.54) is 63.0 Å². The second-order valence-electron chi connectivity index (χ2n) is 9.06. The van der Waals surface area contributed by atoms with Crippen LogP contribution in [0.2, 0.25) is 0 Å². The summed E-state index contributed by atoms with van der Waals surface area (Å²) in [5, 5.41) is 0. The van der Waals surface area contributed by atoms with Crippen molar-refractivity contribution in [2.75, 3.05) is 6.61 Å². The molecule has 1 heterocycles. The van der Waals surface area contributed by atoms with Crippen molar-refractivity contribution in [2.45, 2.75) is 84.5 Å². The molecule has 0 unspecified atom stereocenters. The number of benzene rings is 2. The van der Waals surface area contributed by atoms with Crippen molar-refractivity contribution >= 4 is 0 Å². The van der Waals surface area contributed by atoms with Gasteiger partial charge >= 0.3 is 0 Å². The third kappa shape index (κ3) is 8.23. The molecule has 0 saturated carbocycles. The van der Waals surface area contributed by atoms with E-state index in [2.05, 4.69) is 48.1 Å². The van der Waals surface area contributed by atoms with E-state index in [0.29, 0.717) is 23.7 Å². The summed E-state index contributed by atoms with van der Waals surface area (Å²) in [6, 6.07) is 13.5. The topological polar surface area (TPSA) is 35.0 Å². The van der Waals surface area contributed by atoms with Crippen LogP contribution in [0.4, 0.5) is 4.39 Å². The Kier molecular flexibility index (Phi) is 11.0. The lowest BCUT2D eigenvalue weighted by atomic mass is 10.0. The van der Waals surface area contributed by atoms with Crippen LogP contribution in [0.1, 0.15) is 83.6 Å². The summed E-state index contributed by atoms with van der Waals surface area (Å²) in [7, 11) is 0. The summed E-state index contributed by atoms with van der Waals surface area (Å²) in [5.74, 6) is 0.582. The molecule has 0 spiro atoms. The average Bonchev–Trinajstić information content (AvgIpc) is 2.87. The van der Waals surface area contributed by atoms with Crippen LogP contribution in [0.15, 0.2) is 54.9 Å². The predicted molar refractivity (Wildman–Crippen MR) is 140 cm³/mol. The van der Waals surface area contributed by atoms with E-state index in [1.54, 1.807) is 24.5 Å². The number of rotatable bonds is 15. The number of hydrogen-bond acceptors (Lipinski definition) is 3. The summed E-state index contributed by atoms with van der Waals surface area (Å²) >= 11 is 0. The lowest BCUT2D eigenvalue weighted by Gasteiger charge is -2.09. The van der Waals surface area contributed by atoms with Crippen LogP contribution >= 0.6 is 0 Å². The van der Waals surface area contributed by atoms with Crippen molar-refractivity contribution in [1.29, 1.82) is 0 Å². The van der Waals surface area contributed by atoms with Gasteiger partial charge in [-0.15, -0.1) is 0 Å². The number of ether oxygens (including phenoxy) is 1. The SMILES string of the molecule is CCCCCCCCOc1ccc(-c2ncc(-c3ccc(CCCCCC)cc3)cn2)c(F)c1. The van der Waals surface area contributed by atoms with Crippen LogP contribution in [-0.2, 0) is 6.42 Å². The second-order valence-corrected chi connectivity index (χ2v) is 9.06. The normalized spacial score (nSPS) is 11.0. The molecule has 182 valence electrons. The summed E-state index contributed by atoms with van der Waals surface area (Å²) in [6.07, 6.45) is 17.0. The number of hydrogen-bond donors (Lipinski definition) is 0. The molecule has 4 heteroatoms. The first-order chi connectivity index (χ1) is 16.7. The van der Waals surface area contributed by atoms with Gasteiger partial charge in [0, 0.05) is 24.0 Å². The van der Waals surface area contributed by atoms with Crippen LogP contribution in [0.25, 0.3) is 22.5 Å². The van der Waals surface area contributed by atoms with Crippen molar-refractivity contribution in [3.8, 4) is 28.3 Å². The standard InChI is InChI=1S/C30H39FN2O/c1-3-5-7-9-10-12-20-34-27-18-19-28(29(31)21-27)30-32-22-26(23-33-30)25-16-14-24(15-17-25)13-11-8-6-4-2/h14-19,21-23H,3-13,20H2,1-2H3. The molecule has 34 heavy (non-hydrogen) atoms. The molecule has 0 atom stereocenters. The molecule has 0 aliphatic carbocycles. The van der Waals surface area contributed by atoms with Crippen molar-refractivity contribution < 1.29 is 9.13 Å². The molecule has 0 aliphatic rings. The Morgan fingerprint density at radius 3 is 2.03 bits per heavy atom. The van der Waals surface area contributed by atoms with Gasteiger partial charge in [-0.1, -0.05) is 89.5 Å². The molecule has 0 radical (unpaired) electrons. The van der Waals surface area contributed by atoms with Crippen LogP contribution in [0.5, 0.6) is 5.75 Å². The van der Waals surface area contributed by atoms with Gasteiger partial charge in [0.25, 0.3) is 0 Å². The Balaban J connectivity index is 1.53. The number of aromatic nitrogens is 2. The highest BCUT2D eigenvalue weighted by molar-refractivity contribution is 5.64. The molecule has 0 amide bonds. The van der Waals surface area contributed by atoms with Crippen molar-refractivity contribution in [3.63, 3.8) is 0 Å². The predicted octanol–water partition coefficient (Wildman–Crippen LogP) is 8.81. The smallest absolute Gasteiger partial charge is 0.162 e. The Bertz CT molecular complexity index is 970. The first kappa shape index (κ1) is 25.9. The summed E-state index contributed by atoms with van der Waals surface area (Å²) in [5.41, 5.74) is 3.75. The highest BCUT2D eigenvalue weighted by Crippen LogP contribution is 2.26. The third-order valence-electron chi connectivity index (χ3n) is 6.21. The lowest BCUT2D eigenvalue weighted by Crippen LogP contribution is -1.99. The minimum absolute atomic E-state index is 0.361. The van der Waals surface area contributed by atoms with Crippen molar-refractivity contribution in [2.24, 2.45) is 0 Å². The average molecular weight is 463 g/mol. The fourth-order valence-electron chi connectivity index (χ4n) is 4.08. The van der Waals surface area contributed by atoms with E-state index < -0.39 is 0 Å². The maximum atomic E-state index is 14.7. The highest BCUT2D eigenvalue weighted by Gasteiger charge is 2.10. The molecule has 0 fully saturated rings. The quantitative estimate of drug-likeness (QED) is 0.212. The van der Waals surface area contributed by atoms with E-state index in [9.17, 15) is 4.39 Å². The molecule has 3 aromatic rings. The van der Waals surface area contributed by atoms with E-state index in [1.807, 2.05) is 0 Å². The Morgan fingerprint density at radius 2 is 1.35 bits per heavy atom. The van der Waals surface area contributed by atoms with Gasteiger partial charge in [-0.05, 0) is 42.5 Å². The van der Waals surface area contributed by atoms with E-state index in [0.717, 1.165) is 30.4 Å². The molecule has 0 aliphatic heterocycles. The summed E-state index contributed by atoms with van der Waals surface area (Å²) in [4.78, 5) is 8.85.